The van der Waals surface area contributed by atoms with E-state index in [-0.39, 0.29) is 11.8 Å². The van der Waals surface area contributed by atoms with Gasteiger partial charge >= 0.3 is 0 Å². The van der Waals surface area contributed by atoms with Crippen LogP contribution in [0.5, 0.6) is 0 Å². The van der Waals surface area contributed by atoms with Crippen LogP contribution >= 0.6 is 0 Å². The number of amides is 2. The molecule has 3 rings (SSSR count). The van der Waals surface area contributed by atoms with E-state index < -0.39 is 6.04 Å². The van der Waals surface area contributed by atoms with Crippen molar-refractivity contribution in [1.82, 2.24) is 10.2 Å². The Morgan fingerprint density at radius 2 is 1.34 bits per heavy atom. The summed E-state index contributed by atoms with van der Waals surface area (Å²) in [5.74, 6) is 0.226. The number of rotatable bonds is 11. The highest BCUT2D eigenvalue weighted by Crippen LogP contribution is 2.18. The molecule has 0 radical (unpaired) electrons. The van der Waals surface area contributed by atoms with Crippen LogP contribution < -0.4 is 5.32 Å². The summed E-state index contributed by atoms with van der Waals surface area (Å²) in [6.45, 7) is 9.24. The van der Waals surface area contributed by atoms with Crippen LogP contribution in [0.4, 0.5) is 0 Å². The van der Waals surface area contributed by atoms with Gasteiger partial charge in [0.25, 0.3) is 0 Å². The Bertz CT molecular complexity index is 1070. The molecular weight excluding hydrogens is 432 g/mol. The first kappa shape index (κ1) is 26.2. The molecule has 0 saturated carbocycles. The number of carbonyl (C=O) groups excluding carboxylic acids is 2. The van der Waals surface area contributed by atoms with Gasteiger partial charge in [0.1, 0.15) is 6.04 Å². The molecular formula is C31H38N2O2. The molecule has 3 aromatic rings. The highest BCUT2D eigenvalue weighted by atomic mass is 16.2. The fourth-order valence-electron chi connectivity index (χ4n) is 4.02. The lowest BCUT2D eigenvalue weighted by molar-refractivity contribution is -0.141. The first-order valence-corrected chi connectivity index (χ1v) is 12.5. The Kier molecular flexibility index (Phi) is 9.66. The highest BCUT2D eigenvalue weighted by Gasteiger charge is 2.30. The summed E-state index contributed by atoms with van der Waals surface area (Å²) < 4.78 is 0. The number of hydrogen-bond donors (Lipinski definition) is 1. The van der Waals surface area contributed by atoms with Crippen LogP contribution in [-0.4, -0.2) is 29.3 Å². The maximum atomic E-state index is 13.7. The lowest BCUT2D eigenvalue weighted by atomic mass is 10.0. The van der Waals surface area contributed by atoms with Gasteiger partial charge in [-0.25, -0.2) is 0 Å². The van der Waals surface area contributed by atoms with Gasteiger partial charge in [0, 0.05) is 25.9 Å². The number of nitrogens with zero attached hydrogens (tertiary/aromatic N) is 1. The van der Waals surface area contributed by atoms with Gasteiger partial charge < -0.3 is 10.2 Å². The molecule has 184 valence electrons. The van der Waals surface area contributed by atoms with Gasteiger partial charge in [0.2, 0.25) is 11.8 Å². The molecule has 0 saturated heterocycles. The minimum atomic E-state index is -0.581. The number of carbonyl (C=O) groups is 2. The zero-order valence-electron chi connectivity index (χ0n) is 21.5. The first-order valence-electron chi connectivity index (χ1n) is 12.5. The molecule has 0 unspecified atom stereocenters. The van der Waals surface area contributed by atoms with Gasteiger partial charge in [-0.3, -0.25) is 9.59 Å². The van der Waals surface area contributed by atoms with Gasteiger partial charge in [0.15, 0.2) is 0 Å². The van der Waals surface area contributed by atoms with Crippen LogP contribution in [0.3, 0.4) is 0 Å². The van der Waals surface area contributed by atoms with Crippen LogP contribution in [0.2, 0.25) is 0 Å². The average Bonchev–Trinajstić information content (AvgIpc) is 2.86. The molecule has 4 nitrogen and oxygen atoms in total. The summed E-state index contributed by atoms with van der Waals surface area (Å²) >= 11 is 0. The van der Waals surface area contributed by atoms with E-state index in [1.54, 1.807) is 4.90 Å². The van der Waals surface area contributed by atoms with Crippen molar-refractivity contribution in [2.45, 2.75) is 59.5 Å². The maximum absolute atomic E-state index is 13.7. The molecule has 35 heavy (non-hydrogen) atoms. The lowest BCUT2D eigenvalue weighted by Gasteiger charge is -2.32. The summed E-state index contributed by atoms with van der Waals surface area (Å²) in [6, 6.07) is 25.8. The van der Waals surface area contributed by atoms with Crippen LogP contribution in [0.1, 0.15) is 48.1 Å². The van der Waals surface area contributed by atoms with E-state index >= 15 is 0 Å². The Balaban J connectivity index is 1.88. The fourth-order valence-corrected chi connectivity index (χ4v) is 4.02. The number of nitrogens with one attached hydrogen (secondary N) is 1. The Morgan fingerprint density at radius 1 is 0.771 bits per heavy atom. The van der Waals surface area contributed by atoms with Crippen molar-refractivity contribution in [2.75, 3.05) is 6.54 Å². The predicted octanol–water partition coefficient (Wildman–Crippen LogP) is 5.65. The second-order valence-electron chi connectivity index (χ2n) is 9.84. The third-order valence-electron chi connectivity index (χ3n) is 6.18. The van der Waals surface area contributed by atoms with E-state index in [0.29, 0.717) is 38.3 Å². The summed E-state index contributed by atoms with van der Waals surface area (Å²) in [5, 5.41) is 3.08. The van der Waals surface area contributed by atoms with Crippen molar-refractivity contribution in [3.8, 4) is 0 Å². The second kappa shape index (κ2) is 12.9. The van der Waals surface area contributed by atoms with Crippen LogP contribution in [0.25, 0.3) is 0 Å². The first-order chi connectivity index (χ1) is 16.8. The normalized spacial score (nSPS) is 11.8. The summed E-state index contributed by atoms with van der Waals surface area (Å²) in [5.41, 5.74) is 5.56. The molecule has 0 heterocycles. The molecule has 0 aliphatic rings. The monoisotopic (exact) mass is 470 g/mol. The standard InChI is InChI=1S/C31H38N2O2/c1-23(2)21-32-31(35)29(20-27-8-6-5-7-9-27)33(22-28-16-12-25(4)13-17-28)30(34)19-18-26-14-10-24(3)11-15-26/h5-17,23,29H,18-22H2,1-4H3,(H,32,35)/t29-/m0/s1. The summed E-state index contributed by atoms with van der Waals surface area (Å²) in [6.07, 6.45) is 1.49. The molecule has 0 bridgehead atoms. The van der Waals surface area contributed by atoms with Crippen LogP contribution in [-0.2, 0) is 29.0 Å². The zero-order chi connectivity index (χ0) is 25.2. The number of aryl methyl sites for hydroxylation is 3. The van der Waals surface area contributed by atoms with Gasteiger partial charge in [-0.1, -0.05) is 104 Å². The van der Waals surface area contributed by atoms with E-state index in [2.05, 4.69) is 62.5 Å². The molecule has 0 aliphatic carbocycles. The van der Waals surface area contributed by atoms with Crippen molar-refractivity contribution in [3.63, 3.8) is 0 Å². The topological polar surface area (TPSA) is 49.4 Å². The molecule has 0 spiro atoms. The third-order valence-corrected chi connectivity index (χ3v) is 6.18. The van der Waals surface area contributed by atoms with Gasteiger partial charge in [-0.05, 0) is 42.9 Å². The van der Waals surface area contributed by atoms with Crippen LogP contribution in [0, 0.1) is 19.8 Å². The molecule has 2 amide bonds. The minimum absolute atomic E-state index is 0.00761. The van der Waals surface area contributed by atoms with Gasteiger partial charge in [-0.15, -0.1) is 0 Å². The van der Waals surface area contributed by atoms with E-state index in [1.807, 2.05) is 49.4 Å². The van der Waals surface area contributed by atoms with E-state index in [4.69, 9.17) is 0 Å². The molecule has 1 atom stereocenters. The molecule has 1 N–H and O–H groups in total. The quantitative estimate of drug-likeness (QED) is 0.394. The molecule has 0 aromatic heterocycles. The number of benzene rings is 3. The molecule has 3 aromatic carbocycles. The van der Waals surface area contributed by atoms with Crippen molar-refractivity contribution in [3.05, 3.63) is 107 Å². The zero-order valence-corrected chi connectivity index (χ0v) is 21.5. The van der Waals surface area contributed by atoms with Crippen molar-refractivity contribution >= 4 is 11.8 Å². The maximum Gasteiger partial charge on any atom is 0.243 e. The summed E-state index contributed by atoms with van der Waals surface area (Å²) in [7, 11) is 0. The van der Waals surface area contributed by atoms with Crippen molar-refractivity contribution < 1.29 is 9.59 Å². The van der Waals surface area contributed by atoms with Gasteiger partial charge in [-0.2, -0.15) is 0 Å². The van der Waals surface area contributed by atoms with Gasteiger partial charge in [0.05, 0.1) is 0 Å². The lowest BCUT2D eigenvalue weighted by Crippen LogP contribution is -2.51. The van der Waals surface area contributed by atoms with Crippen molar-refractivity contribution in [2.24, 2.45) is 5.92 Å². The Morgan fingerprint density at radius 3 is 1.91 bits per heavy atom. The largest absolute Gasteiger partial charge is 0.354 e. The second-order valence-corrected chi connectivity index (χ2v) is 9.84. The smallest absolute Gasteiger partial charge is 0.243 e. The van der Waals surface area contributed by atoms with E-state index in [9.17, 15) is 9.59 Å². The minimum Gasteiger partial charge on any atom is -0.354 e. The summed E-state index contributed by atoms with van der Waals surface area (Å²) in [4.78, 5) is 28.9. The third kappa shape index (κ3) is 8.40. The fraction of sp³-hybridized carbons (Fsp3) is 0.355. The molecule has 4 heteroatoms. The van der Waals surface area contributed by atoms with Crippen LogP contribution in [0.15, 0.2) is 78.9 Å². The molecule has 0 fully saturated rings. The number of hydrogen-bond acceptors (Lipinski definition) is 2. The predicted molar refractivity (Wildman–Crippen MR) is 143 cm³/mol. The SMILES string of the molecule is Cc1ccc(CCC(=O)N(Cc2ccc(C)cc2)[C@@H](Cc2ccccc2)C(=O)NCC(C)C)cc1. The molecule has 0 aliphatic heterocycles. The van der Waals surface area contributed by atoms with E-state index in [1.165, 1.54) is 11.1 Å². The Labute approximate surface area is 210 Å². The Hall–Kier alpha value is -3.40. The van der Waals surface area contributed by atoms with Crippen molar-refractivity contribution in [1.29, 1.82) is 0 Å². The van der Waals surface area contributed by atoms with E-state index in [0.717, 1.165) is 16.7 Å². The highest BCUT2D eigenvalue weighted by molar-refractivity contribution is 5.88. The average molecular weight is 471 g/mol.